The Kier molecular flexibility index (Phi) is 6.11. The molecule has 0 radical (unpaired) electrons. The first-order valence-electron chi connectivity index (χ1n) is 10.6. The second kappa shape index (κ2) is 8.78. The monoisotopic (exact) mass is 427 g/mol. The number of rotatable bonds is 4. The summed E-state index contributed by atoms with van der Waals surface area (Å²) in [6, 6.07) is 16.7. The summed E-state index contributed by atoms with van der Waals surface area (Å²) in [4.78, 5) is 17.3. The second-order valence-electron chi connectivity index (χ2n) is 8.25. The molecule has 2 aliphatic heterocycles. The first-order valence-corrected chi connectivity index (χ1v) is 12.1. The first-order chi connectivity index (χ1) is 14.4. The van der Waals surface area contributed by atoms with Crippen molar-refractivity contribution in [3.8, 4) is 0 Å². The maximum absolute atomic E-state index is 13.1. The molecular weight excluding hydrogens is 398 g/mol. The van der Waals surface area contributed by atoms with E-state index in [4.69, 9.17) is 0 Å². The molecule has 4 rings (SSSR count). The predicted octanol–water partition coefficient (Wildman–Crippen LogP) is 3.07. The second-order valence-corrected chi connectivity index (χ2v) is 10.2. The fourth-order valence-electron chi connectivity index (χ4n) is 4.29. The van der Waals surface area contributed by atoms with E-state index in [1.165, 1.54) is 0 Å². The SMILES string of the molecule is C[C@@H]1CCCN(S(=O)(=O)c2cccc(C(=O)N3CCN(c4ccccc4)CC3)c2)C1. The fourth-order valence-corrected chi connectivity index (χ4v) is 5.94. The zero-order valence-corrected chi connectivity index (χ0v) is 18.2. The first kappa shape index (κ1) is 20.9. The molecule has 7 heteroatoms. The quantitative estimate of drug-likeness (QED) is 0.752. The lowest BCUT2D eigenvalue weighted by molar-refractivity contribution is 0.0746. The van der Waals surface area contributed by atoms with Gasteiger partial charge >= 0.3 is 0 Å². The Hall–Kier alpha value is -2.38. The summed E-state index contributed by atoms with van der Waals surface area (Å²) in [5.41, 5.74) is 1.60. The molecule has 2 aromatic carbocycles. The van der Waals surface area contributed by atoms with Crippen LogP contribution in [0.25, 0.3) is 0 Å². The molecule has 1 amide bonds. The van der Waals surface area contributed by atoms with Gasteiger partial charge in [0.15, 0.2) is 0 Å². The van der Waals surface area contributed by atoms with E-state index in [-0.39, 0.29) is 10.8 Å². The number of carbonyl (C=O) groups is 1. The number of carbonyl (C=O) groups excluding carboxylic acids is 1. The van der Waals surface area contributed by atoms with Crippen molar-refractivity contribution in [2.24, 2.45) is 5.92 Å². The normalized spacial score (nSPS) is 20.9. The minimum atomic E-state index is -3.57. The van der Waals surface area contributed by atoms with E-state index in [1.807, 2.05) is 23.1 Å². The van der Waals surface area contributed by atoms with Crippen LogP contribution in [0.4, 0.5) is 5.69 Å². The highest BCUT2D eigenvalue weighted by atomic mass is 32.2. The number of piperidine rings is 1. The number of piperazine rings is 1. The number of amides is 1. The highest BCUT2D eigenvalue weighted by molar-refractivity contribution is 7.89. The Bertz CT molecular complexity index is 986. The average molecular weight is 428 g/mol. The minimum Gasteiger partial charge on any atom is -0.368 e. The Morgan fingerprint density at radius 1 is 0.933 bits per heavy atom. The van der Waals surface area contributed by atoms with Crippen LogP contribution in [0.15, 0.2) is 59.5 Å². The van der Waals surface area contributed by atoms with Crippen LogP contribution in [0.1, 0.15) is 30.1 Å². The van der Waals surface area contributed by atoms with Gasteiger partial charge in [0.1, 0.15) is 0 Å². The van der Waals surface area contributed by atoms with Gasteiger partial charge in [-0.3, -0.25) is 4.79 Å². The third-order valence-corrected chi connectivity index (χ3v) is 7.89. The van der Waals surface area contributed by atoms with Gasteiger partial charge < -0.3 is 9.80 Å². The maximum atomic E-state index is 13.1. The number of anilines is 1. The van der Waals surface area contributed by atoms with Gasteiger partial charge in [-0.05, 0) is 49.1 Å². The van der Waals surface area contributed by atoms with Crippen molar-refractivity contribution >= 4 is 21.6 Å². The molecule has 0 N–H and O–H groups in total. The van der Waals surface area contributed by atoms with Gasteiger partial charge in [-0.1, -0.05) is 31.2 Å². The van der Waals surface area contributed by atoms with E-state index in [2.05, 4.69) is 24.0 Å². The van der Waals surface area contributed by atoms with Crippen LogP contribution >= 0.6 is 0 Å². The van der Waals surface area contributed by atoms with Crippen molar-refractivity contribution in [2.45, 2.75) is 24.7 Å². The number of sulfonamides is 1. The number of para-hydroxylation sites is 1. The summed E-state index contributed by atoms with van der Waals surface area (Å²) in [6.07, 6.45) is 1.93. The molecule has 0 unspecified atom stereocenters. The van der Waals surface area contributed by atoms with Gasteiger partial charge in [-0.2, -0.15) is 4.31 Å². The van der Waals surface area contributed by atoms with Crippen molar-refractivity contribution in [2.75, 3.05) is 44.2 Å². The smallest absolute Gasteiger partial charge is 0.254 e. The molecule has 0 aromatic heterocycles. The Morgan fingerprint density at radius 2 is 1.67 bits per heavy atom. The standard InChI is InChI=1S/C23H29N3O3S/c1-19-7-6-12-26(18-19)30(28,29)22-11-5-8-20(17-22)23(27)25-15-13-24(14-16-25)21-9-3-2-4-10-21/h2-5,8-11,17,19H,6-7,12-16,18H2,1H3/t19-/m1/s1. The summed E-state index contributed by atoms with van der Waals surface area (Å²) < 4.78 is 27.7. The molecule has 0 spiro atoms. The zero-order valence-electron chi connectivity index (χ0n) is 17.4. The van der Waals surface area contributed by atoms with Crippen LogP contribution in [0.2, 0.25) is 0 Å². The Labute approximate surface area is 179 Å². The minimum absolute atomic E-state index is 0.105. The van der Waals surface area contributed by atoms with Crippen LogP contribution in [0, 0.1) is 5.92 Å². The zero-order chi connectivity index (χ0) is 21.1. The Balaban J connectivity index is 1.45. The fraction of sp³-hybridized carbons (Fsp3) is 0.435. The molecule has 2 fully saturated rings. The molecule has 1 atom stereocenters. The summed E-state index contributed by atoms with van der Waals surface area (Å²) in [5, 5.41) is 0. The number of benzene rings is 2. The topological polar surface area (TPSA) is 60.9 Å². The lowest BCUT2D eigenvalue weighted by atomic mass is 10.0. The van der Waals surface area contributed by atoms with Crippen molar-refractivity contribution in [1.29, 1.82) is 0 Å². The van der Waals surface area contributed by atoms with E-state index in [1.54, 1.807) is 28.6 Å². The van der Waals surface area contributed by atoms with Gasteiger partial charge in [0.05, 0.1) is 4.90 Å². The lowest BCUT2D eigenvalue weighted by Crippen LogP contribution is -2.48. The predicted molar refractivity (Wildman–Crippen MR) is 118 cm³/mol. The molecule has 0 bridgehead atoms. The Morgan fingerprint density at radius 3 is 2.37 bits per heavy atom. The maximum Gasteiger partial charge on any atom is 0.254 e. The third-order valence-electron chi connectivity index (χ3n) is 6.03. The van der Waals surface area contributed by atoms with Crippen molar-refractivity contribution in [3.05, 3.63) is 60.2 Å². The van der Waals surface area contributed by atoms with E-state index in [0.29, 0.717) is 37.7 Å². The molecular formula is C23H29N3O3S. The third kappa shape index (κ3) is 4.37. The summed E-state index contributed by atoms with van der Waals surface area (Å²) in [5.74, 6) is 0.256. The molecule has 0 aliphatic carbocycles. The lowest BCUT2D eigenvalue weighted by Gasteiger charge is -2.36. The van der Waals surface area contributed by atoms with Gasteiger partial charge in [0.25, 0.3) is 5.91 Å². The summed E-state index contributed by atoms with van der Waals surface area (Å²) in [6.45, 7) is 5.94. The van der Waals surface area contributed by atoms with Crippen molar-refractivity contribution < 1.29 is 13.2 Å². The van der Waals surface area contributed by atoms with Crippen molar-refractivity contribution in [1.82, 2.24) is 9.21 Å². The van der Waals surface area contributed by atoms with Crippen molar-refractivity contribution in [3.63, 3.8) is 0 Å². The van der Waals surface area contributed by atoms with Gasteiger partial charge in [-0.15, -0.1) is 0 Å². The number of nitrogens with zero attached hydrogens (tertiary/aromatic N) is 3. The largest absolute Gasteiger partial charge is 0.368 e. The average Bonchev–Trinajstić information content (AvgIpc) is 2.79. The highest BCUT2D eigenvalue weighted by Crippen LogP contribution is 2.24. The van der Waals surface area contributed by atoms with Gasteiger partial charge in [-0.25, -0.2) is 8.42 Å². The van der Waals surface area contributed by atoms with E-state index in [9.17, 15) is 13.2 Å². The molecule has 2 aliphatic rings. The van der Waals surface area contributed by atoms with Gasteiger partial charge in [0, 0.05) is 50.5 Å². The summed E-state index contributed by atoms with van der Waals surface area (Å²) >= 11 is 0. The summed E-state index contributed by atoms with van der Waals surface area (Å²) in [7, 11) is -3.57. The molecule has 0 saturated carbocycles. The van der Waals surface area contributed by atoms with Crippen LogP contribution in [0.3, 0.4) is 0 Å². The van der Waals surface area contributed by atoms with E-state index >= 15 is 0 Å². The molecule has 2 saturated heterocycles. The van der Waals surface area contributed by atoms with E-state index in [0.717, 1.165) is 31.6 Å². The molecule has 30 heavy (non-hydrogen) atoms. The van der Waals surface area contributed by atoms with Crippen LogP contribution < -0.4 is 4.90 Å². The van der Waals surface area contributed by atoms with E-state index < -0.39 is 10.0 Å². The molecule has 2 aromatic rings. The van der Waals surface area contributed by atoms with Gasteiger partial charge in [0.2, 0.25) is 10.0 Å². The number of hydrogen-bond donors (Lipinski definition) is 0. The molecule has 2 heterocycles. The highest BCUT2D eigenvalue weighted by Gasteiger charge is 2.30. The van der Waals surface area contributed by atoms with Crippen LogP contribution in [-0.4, -0.2) is 62.8 Å². The molecule has 160 valence electrons. The number of hydrogen-bond acceptors (Lipinski definition) is 4. The molecule has 6 nitrogen and oxygen atoms in total. The van der Waals surface area contributed by atoms with Crippen LogP contribution in [-0.2, 0) is 10.0 Å². The van der Waals surface area contributed by atoms with Crippen LogP contribution in [0.5, 0.6) is 0 Å².